The number of rotatable bonds is 3. The van der Waals surface area contributed by atoms with Crippen LogP contribution in [0.15, 0.2) is 30.3 Å². The Hall–Kier alpha value is -1.97. The highest BCUT2D eigenvalue weighted by Gasteiger charge is 2.06. The highest BCUT2D eigenvalue weighted by molar-refractivity contribution is 5.31. The minimum atomic E-state index is -0.239. The van der Waals surface area contributed by atoms with Gasteiger partial charge in [-0.15, -0.1) is 0 Å². The van der Waals surface area contributed by atoms with Gasteiger partial charge in [0, 0.05) is 18.2 Å². The fraction of sp³-hybridized carbons (Fsp3) is 0.231. The van der Waals surface area contributed by atoms with Gasteiger partial charge in [-0.05, 0) is 18.1 Å². The zero-order valence-corrected chi connectivity index (χ0v) is 9.65. The molecule has 17 heavy (non-hydrogen) atoms. The van der Waals surface area contributed by atoms with Crippen LogP contribution in [0.5, 0.6) is 0 Å². The summed E-state index contributed by atoms with van der Waals surface area (Å²) >= 11 is 0. The summed E-state index contributed by atoms with van der Waals surface area (Å²) in [6.07, 6.45) is 1.15. The molecular formula is C13H14FN3. The van der Waals surface area contributed by atoms with Crippen LogP contribution in [-0.2, 0) is 12.8 Å². The van der Waals surface area contributed by atoms with E-state index < -0.39 is 0 Å². The first-order valence-electron chi connectivity index (χ1n) is 5.54. The molecule has 0 aliphatic carbocycles. The standard InChI is InChI=1S/C13H14FN3/c1-2-10-8-12(15)17-13(16-10)7-9-5-3-4-6-11(9)14/h3-6,8H,2,7H2,1H3,(H2,15,16,17). The van der Waals surface area contributed by atoms with Gasteiger partial charge in [-0.2, -0.15) is 0 Å². The number of aromatic nitrogens is 2. The van der Waals surface area contributed by atoms with Crippen molar-refractivity contribution in [2.45, 2.75) is 19.8 Å². The second kappa shape index (κ2) is 4.91. The van der Waals surface area contributed by atoms with E-state index in [1.807, 2.05) is 6.92 Å². The van der Waals surface area contributed by atoms with Crippen LogP contribution in [0.2, 0.25) is 0 Å². The van der Waals surface area contributed by atoms with Crippen molar-refractivity contribution >= 4 is 5.82 Å². The van der Waals surface area contributed by atoms with E-state index in [2.05, 4.69) is 9.97 Å². The van der Waals surface area contributed by atoms with E-state index in [9.17, 15) is 4.39 Å². The van der Waals surface area contributed by atoms with E-state index in [0.29, 0.717) is 23.6 Å². The molecule has 88 valence electrons. The molecule has 0 saturated heterocycles. The van der Waals surface area contributed by atoms with Gasteiger partial charge in [0.25, 0.3) is 0 Å². The Morgan fingerprint density at radius 3 is 2.71 bits per heavy atom. The van der Waals surface area contributed by atoms with Gasteiger partial charge in [0.15, 0.2) is 0 Å². The van der Waals surface area contributed by atoms with Crippen LogP contribution < -0.4 is 5.73 Å². The minimum absolute atomic E-state index is 0.239. The predicted octanol–water partition coefficient (Wildman–Crippen LogP) is 2.35. The topological polar surface area (TPSA) is 51.8 Å². The maximum absolute atomic E-state index is 13.5. The van der Waals surface area contributed by atoms with Crippen LogP contribution in [0.1, 0.15) is 24.0 Å². The van der Waals surface area contributed by atoms with E-state index in [0.717, 1.165) is 12.1 Å². The van der Waals surface area contributed by atoms with Gasteiger partial charge in [-0.1, -0.05) is 25.1 Å². The van der Waals surface area contributed by atoms with Crippen molar-refractivity contribution in [3.8, 4) is 0 Å². The SMILES string of the molecule is CCc1cc(N)nc(Cc2ccccc2F)n1. The van der Waals surface area contributed by atoms with Crippen molar-refractivity contribution in [1.82, 2.24) is 9.97 Å². The number of benzene rings is 1. The Morgan fingerprint density at radius 1 is 1.24 bits per heavy atom. The lowest BCUT2D eigenvalue weighted by molar-refractivity contribution is 0.612. The van der Waals surface area contributed by atoms with Gasteiger partial charge >= 0.3 is 0 Å². The van der Waals surface area contributed by atoms with Crippen molar-refractivity contribution in [2.75, 3.05) is 5.73 Å². The van der Waals surface area contributed by atoms with Gasteiger partial charge < -0.3 is 5.73 Å². The molecule has 0 spiro atoms. The molecule has 0 saturated carbocycles. The highest BCUT2D eigenvalue weighted by atomic mass is 19.1. The van der Waals surface area contributed by atoms with E-state index in [1.165, 1.54) is 6.07 Å². The Bertz CT molecular complexity index is 526. The summed E-state index contributed by atoms with van der Waals surface area (Å²) in [6.45, 7) is 1.99. The Morgan fingerprint density at radius 2 is 2.00 bits per heavy atom. The van der Waals surface area contributed by atoms with E-state index >= 15 is 0 Å². The first-order chi connectivity index (χ1) is 8.19. The van der Waals surface area contributed by atoms with Gasteiger partial charge in [-0.3, -0.25) is 0 Å². The maximum Gasteiger partial charge on any atom is 0.135 e. The van der Waals surface area contributed by atoms with Crippen molar-refractivity contribution in [1.29, 1.82) is 0 Å². The fourth-order valence-electron chi connectivity index (χ4n) is 1.65. The number of nitrogens with zero attached hydrogens (tertiary/aromatic N) is 2. The molecule has 1 aromatic heterocycles. The molecule has 0 radical (unpaired) electrons. The molecule has 0 amide bonds. The molecule has 0 aliphatic heterocycles. The molecule has 0 bridgehead atoms. The number of anilines is 1. The number of aryl methyl sites for hydroxylation is 1. The molecule has 2 rings (SSSR count). The zero-order valence-electron chi connectivity index (χ0n) is 9.65. The predicted molar refractivity (Wildman–Crippen MR) is 65.0 cm³/mol. The number of hydrogen-bond donors (Lipinski definition) is 1. The molecule has 1 heterocycles. The quantitative estimate of drug-likeness (QED) is 0.882. The first kappa shape index (κ1) is 11.5. The van der Waals surface area contributed by atoms with E-state index in [-0.39, 0.29) is 5.82 Å². The van der Waals surface area contributed by atoms with Crippen LogP contribution in [-0.4, -0.2) is 9.97 Å². The number of halogens is 1. The number of nitrogen functional groups attached to an aromatic ring is 1. The van der Waals surface area contributed by atoms with Crippen LogP contribution in [0.25, 0.3) is 0 Å². The minimum Gasteiger partial charge on any atom is -0.384 e. The molecule has 1 aromatic carbocycles. The Balaban J connectivity index is 2.30. The molecular weight excluding hydrogens is 217 g/mol. The van der Waals surface area contributed by atoms with Crippen molar-refractivity contribution in [3.05, 3.63) is 53.2 Å². The molecule has 0 atom stereocenters. The van der Waals surface area contributed by atoms with Crippen molar-refractivity contribution in [3.63, 3.8) is 0 Å². The molecule has 0 fully saturated rings. The van der Waals surface area contributed by atoms with Gasteiger partial charge in [-0.25, -0.2) is 14.4 Å². The summed E-state index contributed by atoms with van der Waals surface area (Å²) in [4.78, 5) is 8.45. The number of nitrogens with two attached hydrogens (primary N) is 1. The highest BCUT2D eigenvalue weighted by Crippen LogP contribution is 2.12. The maximum atomic E-state index is 13.5. The lowest BCUT2D eigenvalue weighted by Gasteiger charge is -2.05. The summed E-state index contributed by atoms with van der Waals surface area (Å²) in [5.74, 6) is 0.756. The summed E-state index contributed by atoms with van der Waals surface area (Å²) in [7, 11) is 0. The smallest absolute Gasteiger partial charge is 0.135 e. The monoisotopic (exact) mass is 231 g/mol. The van der Waals surface area contributed by atoms with Crippen LogP contribution in [0.3, 0.4) is 0 Å². The van der Waals surface area contributed by atoms with Crippen molar-refractivity contribution in [2.24, 2.45) is 0 Å². The molecule has 2 N–H and O–H groups in total. The van der Waals surface area contributed by atoms with Gasteiger partial charge in [0.05, 0.1) is 0 Å². The average molecular weight is 231 g/mol. The summed E-state index contributed by atoms with van der Waals surface area (Å²) < 4.78 is 13.5. The molecule has 3 nitrogen and oxygen atoms in total. The second-order valence-corrected chi connectivity index (χ2v) is 3.82. The third-order valence-electron chi connectivity index (χ3n) is 2.51. The third kappa shape index (κ3) is 2.78. The second-order valence-electron chi connectivity index (χ2n) is 3.82. The third-order valence-corrected chi connectivity index (χ3v) is 2.51. The summed E-state index contributed by atoms with van der Waals surface area (Å²) in [5, 5.41) is 0. The first-order valence-corrected chi connectivity index (χ1v) is 5.54. The molecule has 4 heteroatoms. The summed E-state index contributed by atoms with van der Waals surface area (Å²) in [6, 6.07) is 8.36. The number of hydrogen-bond acceptors (Lipinski definition) is 3. The summed E-state index contributed by atoms with van der Waals surface area (Å²) in [5.41, 5.74) is 7.14. The normalized spacial score (nSPS) is 10.5. The van der Waals surface area contributed by atoms with Gasteiger partial charge in [0.2, 0.25) is 0 Å². The average Bonchev–Trinajstić information content (AvgIpc) is 2.31. The zero-order chi connectivity index (χ0) is 12.3. The lowest BCUT2D eigenvalue weighted by atomic mass is 10.1. The molecule has 0 unspecified atom stereocenters. The largest absolute Gasteiger partial charge is 0.384 e. The fourth-order valence-corrected chi connectivity index (χ4v) is 1.65. The molecule has 2 aromatic rings. The van der Waals surface area contributed by atoms with E-state index in [4.69, 9.17) is 5.73 Å². The van der Waals surface area contributed by atoms with E-state index in [1.54, 1.807) is 24.3 Å². The van der Waals surface area contributed by atoms with Crippen LogP contribution in [0.4, 0.5) is 10.2 Å². The molecule has 0 aliphatic rings. The van der Waals surface area contributed by atoms with Crippen molar-refractivity contribution < 1.29 is 4.39 Å². The van der Waals surface area contributed by atoms with Gasteiger partial charge in [0.1, 0.15) is 17.5 Å². The van der Waals surface area contributed by atoms with Crippen LogP contribution >= 0.6 is 0 Å². The lowest BCUT2D eigenvalue weighted by Crippen LogP contribution is -2.04. The Labute approximate surface area is 99.5 Å². The Kier molecular flexibility index (Phi) is 3.32. The van der Waals surface area contributed by atoms with Crippen LogP contribution in [0, 0.1) is 5.82 Å².